The number of nitrogens with zero attached hydrogens (tertiary/aromatic N) is 1. The highest BCUT2D eigenvalue weighted by molar-refractivity contribution is 5.66. The van der Waals surface area contributed by atoms with Crippen molar-refractivity contribution < 1.29 is 9.90 Å². The van der Waals surface area contributed by atoms with E-state index in [9.17, 15) is 4.79 Å². The van der Waals surface area contributed by atoms with E-state index >= 15 is 0 Å². The van der Waals surface area contributed by atoms with Gasteiger partial charge in [0.15, 0.2) is 0 Å². The van der Waals surface area contributed by atoms with Gasteiger partial charge < -0.3 is 15.4 Å². The molecule has 0 bridgehead atoms. The van der Waals surface area contributed by atoms with Crippen molar-refractivity contribution in [2.45, 2.75) is 32.2 Å². The lowest BCUT2D eigenvalue weighted by Gasteiger charge is -2.11. The predicted molar refractivity (Wildman–Crippen MR) is 56.6 cm³/mol. The van der Waals surface area contributed by atoms with Crippen LogP contribution in [-0.2, 0) is 11.2 Å². The van der Waals surface area contributed by atoms with E-state index in [-0.39, 0.29) is 12.5 Å². The van der Waals surface area contributed by atoms with Crippen molar-refractivity contribution in [3.63, 3.8) is 0 Å². The van der Waals surface area contributed by atoms with Crippen LogP contribution in [0.15, 0.2) is 12.5 Å². The Morgan fingerprint density at radius 3 is 3.13 bits per heavy atom. The summed E-state index contributed by atoms with van der Waals surface area (Å²) in [4.78, 5) is 17.3. The molecule has 1 unspecified atom stereocenters. The summed E-state index contributed by atoms with van der Waals surface area (Å²) in [7, 11) is 0. The summed E-state index contributed by atoms with van der Waals surface area (Å²) in [5.41, 5.74) is 1.09. The van der Waals surface area contributed by atoms with Gasteiger partial charge in [0.05, 0.1) is 6.33 Å². The minimum atomic E-state index is -0.739. The summed E-state index contributed by atoms with van der Waals surface area (Å²) in [5, 5.41) is 11.8. The Bertz CT molecular complexity index is 285. The minimum absolute atomic E-state index is 0.220. The second-order valence-electron chi connectivity index (χ2n) is 3.61. The first-order valence-electron chi connectivity index (χ1n) is 5.11. The van der Waals surface area contributed by atoms with Gasteiger partial charge in [-0.1, -0.05) is 0 Å². The highest BCUT2D eigenvalue weighted by atomic mass is 16.4. The Hall–Kier alpha value is -1.36. The Kier molecular flexibility index (Phi) is 4.83. The number of H-pyrrole nitrogens is 1. The first-order valence-corrected chi connectivity index (χ1v) is 5.11. The van der Waals surface area contributed by atoms with E-state index in [4.69, 9.17) is 5.11 Å². The molecular weight excluding hydrogens is 194 g/mol. The van der Waals surface area contributed by atoms with Gasteiger partial charge in [0, 0.05) is 37.3 Å². The van der Waals surface area contributed by atoms with E-state index in [1.54, 1.807) is 12.5 Å². The second-order valence-corrected chi connectivity index (χ2v) is 3.61. The summed E-state index contributed by atoms with van der Waals surface area (Å²) < 4.78 is 0. The van der Waals surface area contributed by atoms with Gasteiger partial charge in [-0.15, -0.1) is 0 Å². The fourth-order valence-electron chi connectivity index (χ4n) is 1.32. The number of aromatic amines is 1. The fourth-order valence-corrected chi connectivity index (χ4v) is 1.32. The zero-order valence-corrected chi connectivity index (χ0v) is 8.86. The molecule has 0 fully saturated rings. The quantitative estimate of drug-likeness (QED) is 0.623. The van der Waals surface area contributed by atoms with Gasteiger partial charge in [0.25, 0.3) is 0 Å². The fraction of sp³-hybridized carbons (Fsp3) is 0.600. The van der Waals surface area contributed by atoms with Crippen LogP contribution >= 0.6 is 0 Å². The molecule has 0 spiro atoms. The molecule has 1 aromatic heterocycles. The molecule has 84 valence electrons. The Morgan fingerprint density at radius 1 is 1.73 bits per heavy atom. The smallest absolute Gasteiger partial charge is 0.303 e. The van der Waals surface area contributed by atoms with Crippen molar-refractivity contribution >= 4 is 5.97 Å². The molecule has 0 aliphatic rings. The average molecular weight is 211 g/mol. The number of carboxylic acids is 1. The first kappa shape index (κ1) is 11.7. The highest BCUT2D eigenvalue weighted by Crippen LogP contribution is 1.97. The number of rotatable bonds is 7. The Labute approximate surface area is 88.9 Å². The molecule has 0 aromatic carbocycles. The molecule has 0 saturated carbocycles. The lowest BCUT2D eigenvalue weighted by Crippen LogP contribution is -2.28. The number of aromatic nitrogens is 2. The van der Waals surface area contributed by atoms with Crippen molar-refractivity contribution in [2.24, 2.45) is 0 Å². The molecule has 1 heterocycles. The number of carbonyl (C=O) groups is 1. The molecule has 15 heavy (non-hydrogen) atoms. The lowest BCUT2D eigenvalue weighted by molar-refractivity contribution is -0.137. The molecule has 5 heteroatoms. The maximum Gasteiger partial charge on any atom is 0.303 e. The van der Waals surface area contributed by atoms with E-state index in [1.165, 1.54) is 0 Å². The van der Waals surface area contributed by atoms with E-state index in [2.05, 4.69) is 15.3 Å². The van der Waals surface area contributed by atoms with Crippen LogP contribution in [0.4, 0.5) is 0 Å². The molecule has 5 nitrogen and oxygen atoms in total. The topological polar surface area (TPSA) is 78.0 Å². The van der Waals surface area contributed by atoms with Crippen LogP contribution in [0.2, 0.25) is 0 Å². The number of hydrogen-bond donors (Lipinski definition) is 3. The van der Waals surface area contributed by atoms with Crippen molar-refractivity contribution in [1.82, 2.24) is 15.3 Å². The van der Waals surface area contributed by atoms with Gasteiger partial charge in [-0.3, -0.25) is 4.79 Å². The van der Waals surface area contributed by atoms with Crippen LogP contribution in [0.25, 0.3) is 0 Å². The van der Waals surface area contributed by atoms with Crippen LogP contribution in [-0.4, -0.2) is 33.6 Å². The van der Waals surface area contributed by atoms with E-state index in [0.717, 1.165) is 18.7 Å². The minimum Gasteiger partial charge on any atom is -0.481 e. The predicted octanol–water partition coefficient (Wildman–Crippen LogP) is 0.795. The summed E-state index contributed by atoms with van der Waals surface area (Å²) in [6.07, 6.45) is 5.22. The van der Waals surface area contributed by atoms with Crippen molar-refractivity contribution in [3.8, 4) is 0 Å². The van der Waals surface area contributed by atoms with Crippen molar-refractivity contribution in [1.29, 1.82) is 0 Å². The highest BCUT2D eigenvalue weighted by Gasteiger charge is 2.04. The first-order chi connectivity index (χ1) is 7.18. The zero-order chi connectivity index (χ0) is 11.1. The number of imidazole rings is 1. The van der Waals surface area contributed by atoms with Gasteiger partial charge in [-0.25, -0.2) is 4.98 Å². The van der Waals surface area contributed by atoms with Gasteiger partial charge >= 0.3 is 5.97 Å². The molecular formula is C10H17N3O2. The van der Waals surface area contributed by atoms with Gasteiger partial charge in [-0.2, -0.15) is 0 Å². The largest absolute Gasteiger partial charge is 0.481 e. The third-order valence-corrected chi connectivity index (χ3v) is 2.23. The zero-order valence-electron chi connectivity index (χ0n) is 8.86. The van der Waals surface area contributed by atoms with Crippen LogP contribution in [0, 0.1) is 0 Å². The van der Waals surface area contributed by atoms with E-state index in [1.807, 2.05) is 6.92 Å². The van der Waals surface area contributed by atoms with Gasteiger partial charge in [-0.05, 0) is 13.3 Å². The molecule has 0 saturated heterocycles. The molecule has 0 amide bonds. The standard InChI is InChI=1S/C10H17N3O2/c1-8(2-3-10(14)15)12-5-4-9-6-11-7-13-9/h6-8,12H,2-5H2,1H3,(H,11,13)(H,14,15). The van der Waals surface area contributed by atoms with Crippen LogP contribution < -0.4 is 5.32 Å². The van der Waals surface area contributed by atoms with Gasteiger partial charge in [0.1, 0.15) is 0 Å². The van der Waals surface area contributed by atoms with Crippen molar-refractivity contribution in [2.75, 3.05) is 6.54 Å². The van der Waals surface area contributed by atoms with Crippen LogP contribution in [0.5, 0.6) is 0 Å². The molecule has 0 radical (unpaired) electrons. The molecule has 1 aromatic rings. The number of aliphatic carboxylic acids is 1. The summed E-state index contributed by atoms with van der Waals surface area (Å²) >= 11 is 0. The molecule has 1 rings (SSSR count). The second kappa shape index (κ2) is 6.19. The molecule has 0 aliphatic heterocycles. The average Bonchev–Trinajstić information content (AvgIpc) is 2.67. The monoisotopic (exact) mass is 211 g/mol. The summed E-state index contributed by atoms with van der Waals surface area (Å²) in [5.74, 6) is -0.739. The maximum absolute atomic E-state index is 10.3. The summed E-state index contributed by atoms with van der Waals surface area (Å²) in [6, 6.07) is 0.240. The lowest BCUT2D eigenvalue weighted by atomic mass is 10.2. The SMILES string of the molecule is CC(CCC(=O)O)NCCc1cnc[nH]1. The molecule has 1 atom stereocenters. The van der Waals surface area contributed by atoms with Crippen molar-refractivity contribution in [3.05, 3.63) is 18.2 Å². The normalized spacial score (nSPS) is 12.6. The Morgan fingerprint density at radius 2 is 2.53 bits per heavy atom. The third-order valence-electron chi connectivity index (χ3n) is 2.23. The summed E-state index contributed by atoms with van der Waals surface area (Å²) in [6.45, 7) is 2.83. The molecule has 0 aliphatic carbocycles. The van der Waals surface area contributed by atoms with Crippen LogP contribution in [0.1, 0.15) is 25.5 Å². The van der Waals surface area contributed by atoms with Crippen LogP contribution in [0.3, 0.4) is 0 Å². The maximum atomic E-state index is 10.3. The Balaban J connectivity index is 2.06. The number of nitrogens with one attached hydrogen (secondary N) is 2. The number of hydrogen-bond acceptors (Lipinski definition) is 3. The molecule has 3 N–H and O–H groups in total. The van der Waals surface area contributed by atoms with Gasteiger partial charge in [0.2, 0.25) is 0 Å². The van der Waals surface area contributed by atoms with E-state index in [0.29, 0.717) is 6.42 Å². The number of carboxylic acid groups (broad SMARTS) is 1. The van der Waals surface area contributed by atoms with E-state index < -0.39 is 5.97 Å². The third kappa shape index (κ3) is 5.17.